The van der Waals surface area contributed by atoms with Crippen molar-refractivity contribution in [3.8, 4) is 0 Å². The van der Waals surface area contributed by atoms with Crippen LogP contribution in [0.4, 0.5) is 5.82 Å². The van der Waals surface area contributed by atoms with Gasteiger partial charge >= 0.3 is 0 Å². The summed E-state index contributed by atoms with van der Waals surface area (Å²) in [5.41, 5.74) is 0.990. The van der Waals surface area contributed by atoms with Crippen molar-refractivity contribution in [3.63, 3.8) is 0 Å². The van der Waals surface area contributed by atoms with Gasteiger partial charge in [0.05, 0.1) is 6.54 Å². The normalized spacial score (nSPS) is 23.1. The first-order valence-electron chi connectivity index (χ1n) is 7.55. The lowest BCUT2D eigenvalue weighted by Crippen LogP contribution is -2.44. The van der Waals surface area contributed by atoms with Crippen LogP contribution in [0.3, 0.4) is 0 Å². The number of carbonyl (C=O) groups excluding carboxylic acids is 1. The van der Waals surface area contributed by atoms with E-state index >= 15 is 0 Å². The molecular formula is C15H21N5OS. The Morgan fingerprint density at radius 2 is 2.05 bits per heavy atom. The van der Waals surface area contributed by atoms with E-state index in [1.54, 1.807) is 4.90 Å². The molecule has 0 aromatic carbocycles. The number of aromatic nitrogens is 1. The lowest BCUT2D eigenvalue weighted by atomic mass is 10.2. The first kappa shape index (κ1) is 15.2. The lowest BCUT2D eigenvalue weighted by Gasteiger charge is -2.33. The number of hydrogen-bond donors (Lipinski definition) is 1. The molecule has 1 amide bonds. The molecule has 1 aromatic heterocycles. The topological polar surface area (TPSA) is 51.7 Å². The van der Waals surface area contributed by atoms with Gasteiger partial charge in [0.25, 0.3) is 5.91 Å². The Morgan fingerprint density at radius 1 is 1.32 bits per heavy atom. The summed E-state index contributed by atoms with van der Waals surface area (Å²) in [7, 11) is 2.14. The summed E-state index contributed by atoms with van der Waals surface area (Å²) in [5.74, 6) is 1.02. The van der Waals surface area contributed by atoms with E-state index in [4.69, 9.17) is 12.2 Å². The van der Waals surface area contributed by atoms with Gasteiger partial charge in [0.15, 0.2) is 5.11 Å². The highest BCUT2D eigenvalue weighted by atomic mass is 32.1. The highest BCUT2D eigenvalue weighted by molar-refractivity contribution is 7.80. The molecule has 2 fully saturated rings. The molecule has 1 N–H and O–H groups in total. The van der Waals surface area contributed by atoms with Gasteiger partial charge in [-0.1, -0.05) is 6.07 Å². The van der Waals surface area contributed by atoms with Crippen molar-refractivity contribution >= 4 is 29.1 Å². The molecule has 0 radical (unpaired) electrons. The second-order valence-electron chi connectivity index (χ2n) is 5.91. The summed E-state index contributed by atoms with van der Waals surface area (Å²) in [6, 6.07) is 3.82. The van der Waals surface area contributed by atoms with E-state index in [1.807, 2.05) is 25.3 Å². The number of hydrogen-bond acceptors (Lipinski definition) is 5. The van der Waals surface area contributed by atoms with Crippen LogP contribution in [0.1, 0.15) is 12.5 Å². The first-order chi connectivity index (χ1) is 10.5. The summed E-state index contributed by atoms with van der Waals surface area (Å²) in [6.45, 7) is 6.42. The van der Waals surface area contributed by atoms with E-state index in [9.17, 15) is 4.79 Å². The van der Waals surface area contributed by atoms with E-state index < -0.39 is 0 Å². The molecule has 22 heavy (non-hydrogen) atoms. The number of rotatable bonds is 3. The molecule has 2 saturated heterocycles. The molecule has 2 aliphatic heterocycles. The zero-order chi connectivity index (χ0) is 15.7. The number of thiocarbonyl (C=S) groups is 1. The monoisotopic (exact) mass is 319 g/mol. The Balaban J connectivity index is 1.65. The maximum Gasteiger partial charge on any atom is 0.251 e. The Labute approximate surface area is 136 Å². The predicted molar refractivity (Wildman–Crippen MR) is 89.7 cm³/mol. The van der Waals surface area contributed by atoms with Crippen molar-refractivity contribution in [2.45, 2.75) is 19.5 Å². The van der Waals surface area contributed by atoms with Crippen LogP contribution in [0, 0.1) is 0 Å². The number of likely N-dealkylation sites (N-methyl/N-ethyl adjacent to an activating group) is 1. The number of carbonyl (C=O) groups is 1. The van der Waals surface area contributed by atoms with Crippen molar-refractivity contribution in [1.82, 2.24) is 20.1 Å². The van der Waals surface area contributed by atoms with E-state index in [0.717, 1.165) is 37.6 Å². The van der Waals surface area contributed by atoms with Crippen LogP contribution >= 0.6 is 12.2 Å². The zero-order valence-corrected chi connectivity index (χ0v) is 13.8. The molecule has 0 aliphatic carbocycles. The number of pyridine rings is 1. The van der Waals surface area contributed by atoms with Gasteiger partial charge in [-0.15, -0.1) is 0 Å². The van der Waals surface area contributed by atoms with Crippen LogP contribution < -0.4 is 10.2 Å². The van der Waals surface area contributed by atoms with Crippen molar-refractivity contribution in [1.29, 1.82) is 0 Å². The molecule has 1 aromatic rings. The number of anilines is 1. The molecule has 118 valence electrons. The number of nitrogens with one attached hydrogen (secondary N) is 1. The van der Waals surface area contributed by atoms with Gasteiger partial charge in [-0.25, -0.2) is 4.98 Å². The van der Waals surface area contributed by atoms with Gasteiger partial charge in [-0.05, 0) is 37.8 Å². The summed E-state index contributed by atoms with van der Waals surface area (Å²) in [6.07, 6.45) is 1.84. The Kier molecular flexibility index (Phi) is 4.26. The molecule has 3 rings (SSSR count). The Hall–Kier alpha value is -1.73. The van der Waals surface area contributed by atoms with Crippen molar-refractivity contribution in [2.24, 2.45) is 0 Å². The molecule has 0 saturated carbocycles. The van der Waals surface area contributed by atoms with Crippen molar-refractivity contribution in [2.75, 3.05) is 38.1 Å². The van der Waals surface area contributed by atoms with Gasteiger partial charge in [0, 0.05) is 32.4 Å². The van der Waals surface area contributed by atoms with Crippen molar-refractivity contribution < 1.29 is 4.79 Å². The Morgan fingerprint density at radius 3 is 2.59 bits per heavy atom. The molecule has 0 bridgehead atoms. The quantitative estimate of drug-likeness (QED) is 0.816. The van der Waals surface area contributed by atoms with Gasteiger partial charge < -0.3 is 15.1 Å². The molecule has 6 nitrogen and oxygen atoms in total. The number of nitrogens with zero attached hydrogens (tertiary/aromatic N) is 4. The standard InChI is InChI=1S/C15H21N5OS/c1-11-14(21)20(15(22)17-11)10-12-3-4-13(16-9-12)19-7-5-18(2)6-8-19/h3-4,9,11H,5-8,10H2,1-2H3,(H,17,22)/t11-/m0/s1. The van der Waals surface area contributed by atoms with Crippen LogP contribution in [0.15, 0.2) is 18.3 Å². The second-order valence-corrected chi connectivity index (χ2v) is 6.30. The van der Waals surface area contributed by atoms with Gasteiger partial charge in [0.2, 0.25) is 0 Å². The summed E-state index contributed by atoms with van der Waals surface area (Å²) in [5, 5.41) is 3.48. The smallest absolute Gasteiger partial charge is 0.251 e. The lowest BCUT2D eigenvalue weighted by molar-refractivity contribution is -0.127. The van der Waals surface area contributed by atoms with Crippen LogP contribution in [-0.4, -0.2) is 65.1 Å². The largest absolute Gasteiger partial charge is 0.354 e. The summed E-state index contributed by atoms with van der Waals surface area (Å²) < 4.78 is 0. The van der Waals surface area contributed by atoms with Crippen LogP contribution in [0.5, 0.6) is 0 Å². The zero-order valence-electron chi connectivity index (χ0n) is 13.0. The van der Waals surface area contributed by atoms with Gasteiger partial charge in [-0.2, -0.15) is 0 Å². The van der Waals surface area contributed by atoms with E-state index in [-0.39, 0.29) is 11.9 Å². The van der Waals surface area contributed by atoms with E-state index in [1.165, 1.54) is 0 Å². The number of amides is 1. The average molecular weight is 319 g/mol. The minimum atomic E-state index is -0.231. The highest BCUT2D eigenvalue weighted by Gasteiger charge is 2.32. The van der Waals surface area contributed by atoms with Crippen LogP contribution in [0.2, 0.25) is 0 Å². The molecule has 3 heterocycles. The highest BCUT2D eigenvalue weighted by Crippen LogP contribution is 2.16. The average Bonchev–Trinajstić information content (AvgIpc) is 2.75. The molecule has 0 spiro atoms. The fraction of sp³-hybridized carbons (Fsp3) is 0.533. The SMILES string of the molecule is C[C@@H]1NC(=S)N(Cc2ccc(N3CCN(C)CC3)nc2)C1=O. The van der Waals surface area contributed by atoms with E-state index in [0.29, 0.717) is 11.7 Å². The molecular weight excluding hydrogens is 298 g/mol. The summed E-state index contributed by atoms with van der Waals surface area (Å²) in [4.78, 5) is 22.8. The molecule has 2 aliphatic rings. The third-order valence-corrected chi connectivity index (χ3v) is 4.54. The van der Waals surface area contributed by atoms with Crippen molar-refractivity contribution in [3.05, 3.63) is 23.9 Å². The predicted octanol–water partition coefficient (Wildman–Crippen LogP) is 0.439. The summed E-state index contributed by atoms with van der Waals surface area (Å²) >= 11 is 5.19. The van der Waals surface area contributed by atoms with Gasteiger partial charge in [-0.3, -0.25) is 9.69 Å². The second kappa shape index (κ2) is 6.18. The van der Waals surface area contributed by atoms with Gasteiger partial charge in [0.1, 0.15) is 11.9 Å². The fourth-order valence-corrected chi connectivity index (χ4v) is 3.06. The number of piperazine rings is 1. The molecule has 0 unspecified atom stereocenters. The van der Waals surface area contributed by atoms with Crippen LogP contribution in [0.25, 0.3) is 0 Å². The minimum Gasteiger partial charge on any atom is -0.354 e. The Bertz CT molecular complexity index is 568. The minimum absolute atomic E-state index is 0.0214. The molecule has 1 atom stereocenters. The maximum atomic E-state index is 12.0. The maximum absolute atomic E-state index is 12.0. The third-order valence-electron chi connectivity index (χ3n) is 4.20. The third kappa shape index (κ3) is 3.05. The van der Waals surface area contributed by atoms with Crippen LogP contribution in [-0.2, 0) is 11.3 Å². The first-order valence-corrected chi connectivity index (χ1v) is 7.96. The fourth-order valence-electron chi connectivity index (χ4n) is 2.72. The van der Waals surface area contributed by atoms with E-state index in [2.05, 4.69) is 27.1 Å². The molecule has 7 heteroatoms.